The van der Waals surface area contributed by atoms with Gasteiger partial charge in [0.1, 0.15) is 11.6 Å². The average Bonchev–Trinajstić information content (AvgIpc) is 2.99. The van der Waals surface area contributed by atoms with E-state index < -0.39 is 11.7 Å². The van der Waals surface area contributed by atoms with E-state index in [9.17, 15) is 13.2 Å². The van der Waals surface area contributed by atoms with Gasteiger partial charge in [-0.05, 0) is 37.5 Å². The van der Waals surface area contributed by atoms with E-state index in [1.807, 2.05) is 6.92 Å². The number of halogens is 3. The Morgan fingerprint density at radius 1 is 1.08 bits per heavy atom. The molecule has 2 aromatic rings. The van der Waals surface area contributed by atoms with Gasteiger partial charge in [-0.1, -0.05) is 12.1 Å². The Morgan fingerprint density at radius 3 is 2.50 bits per heavy atom. The molecule has 2 unspecified atom stereocenters. The fourth-order valence-electron chi connectivity index (χ4n) is 3.93. The van der Waals surface area contributed by atoms with Crippen LogP contribution in [0.3, 0.4) is 0 Å². The first-order valence-corrected chi connectivity index (χ1v) is 8.22. The van der Waals surface area contributed by atoms with Crippen LogP contribution >= 0.6 is 0 Å². The second-order valence-electron chi connectivity index (χ2n) is 6.73. The number of rotatable bonds is 2. The highest BCUT2D eigenvalue weighted by molar-refractivity contribution is 5.25. The summed E-state index contributed by atoms with van der Waals surface area (Å²) >= 11 is 0. The van der Waals surface area contributed by atoms with Crippen molar-refractivity contribution in [3.05, 3.63) is 47.0 Å². The second kappa shape index (κ2) is 5.58. The molecule has 0 spiro atoms. The van der Waals surface area contributed by atoms with Crippen LogP contribution in [0.2, 0.25) is 0 Å². The third kappa shape index (κ3) is 2.70. The molecule has 0 amide bonds. The van der Waals surface area contributed by atoms with Crippen LogP contribution in [0, 0.1) is 6.92 Å². The number of nitrogens with zero attached hydrogens (tertiary/aromatic N) is 4. The van der Waals surface area contributed by atoms with Crippen LogP contribution in [0.15, 0.2) is 24.3 Å². The Balaban J connectivity index is 1.53. The van der Waals surface area contributed by atoms with Crippen molar-refractivity contribution in [1.29, 1.82) is 0 Å². The van der Waals surface area contributed by atoms with Crippen LogP contribution < -0.4 is 0 Å². The summed E-state index contributed by atoms with van der Waals surface area (Å²) in [6.45, 7) is 3.52. The lowest BCUT2D eigenvalue weighted by Crippen LogP contribution is -2.36. The van der Waals surface area contributed by atoms with Crippen molar-refractivity contribution < 1.29 is 13.2 Å². The summed E-state index contributed by atoms with van der Waals surface area (Å²) in [7, 11) is 0. The summed E-state index contributed by atoms with van der Waals surface area (Å²) in [4.78, 5) is 2.43. The van der Waals surface area contributed by atoms with Gasteiger partial charge >= 0.3 is 6.18 Å². The van der Waals surface area contributed by atoms with Gasteiger partial charge in [0.25, 0.3) is 0 Å². The van der Waals surface area contributed by atoms with Gasteiger partial charge in [0.2, 0.25) is 0 Å². The fraction of sp³-hybridized carbons (Fsp3) is 0.529. The minimum absolute atomic E-state index is 0.391. The smallest absolute Gasteiger partial charge is 0.314 e. The summed E-state index contributed by atoms with van der Waals surface area (Å²) in [5.74, 6) is 1.96. The number of fused-ring (bicyclic) bond motifs is 3. The Hall–Kier alpha value is -1.89. The Labute approximate surface area is 138 Å². The van der Waals surface area contributed by atoms with Crippen LogP contribution in [0.25, 0.3) is 0 Å². The van der Waals surface area contributed by atoms with Crippen LogP contribution in [0.4, 0.5) is 13.2 Å². The Bertz CT molecular complexity index is 735. The van der Waals surface area contributed by atoms with E-state index >= 15 is 0 Å². The molecular weight excluding hydrogens is 317 g/mol. The van der Waals surface area contributed by atoms with Crippen LogP contribution in [-0.2, 0) is 25.7 Å². The fourth-order valence-corrected chi connectivity index (χ4v) is 3.93. The molecule has 24 heavy (non-hydrogen) atoms. The summed E-state index contributed by atoms with van der Waals surface area (Å²) in [5, 5.41) is 8.44. The van der Waals surface area contributed by atoms with Gasteiger partial charge in [0.05, 0.1) is 5.56 Å². The lowest BCUT2D eigenvalue weighted by Gasteiger charge is -2.27. The van der Waals surface area contributed by atoms with Gasteiger partial charge in [-0.25, -0.2) is 0 Å². The molecule has 2 atom stereocenters. The van der Waals surface area contributed by atoms with Crippen LogP contribution in [0.1, 0.15) is 35.6 Å². The maximum atomic E-state index is 12.7. The third-order valence-electron chi connectivity index (χ3n) is 5.24. The zero-order valence-electron chi connectivity index (χ0n) is 13.4. The van der Waals surface area contributed by atoms with Crippen molar-refractivity contribution in [3.63, 3.8) is 0 Å². The first-order chi connectivity index (χ1) is 11.4. The quantitative estimate of drug-likeness (QED) is 0.845. The van der Waals surface area contributed by atoms with Gasteiger partial charge in [-0.15, -0.1) is 10.2 Å². The highest BCUT2D eigenvalue weighted by Gasteiger charge is 2.38. The average molecular weight is 336 g/mol. The molecule has 1 aromatic heterocycles. The van der Waals surface area contributed by atoms with E-state index in [0.29, 0.717) is 18.6 Å². The molecule has 4 rings (SSSR count). The zero-order chi connectivity index (χ0) is 16.9. The molecule has 2 bridgehead atoms. The van der Waals surface area contributed by atoms with Crippen LogP contribution in [0.5, 0.6) is 0 Å². The molecule has 2 aliphatic rings. The molecule has 0 N–H and O–H groups in total. The SMILES string of the molecule is Cc1nnc2n1CC1CCC(C2)N1Cc1ccc(C(F)(F)F)cc1. The normalized spacial score (nSPS) is 24.0. The first kappa shape index (κ1) is 15.6. The highest BCUT2D eigenvalue weighted by Crippen LogP contribution is 2.33. The van der Waals surface area contributed by atoms with Gasteiger partial charge in [-0.3, -0.25) is 4.90 Å². The zero-order valence-corrected chi connectivity index (χ0v) is 13.4. The van der Waals surface area contributed by atoms with Crippen molar-refractivity contribution in [3.8, 4) is 0 Å². The molecule has 0 saturated carbocycles. The van der Waals surface area contributed by atoms with E-state index in [-0.39, 0.29) is 0 Å². The minimum atomic E-state index is -4.28. The molecule has 1 saturated heterocycles. The molecule has 2 aliphatic heterocycles. The lowest BCUT2D eigenvalue weighted by molar-refractivity contribution is -0.137. The maximum absolute atomic E-state index is 12.7. The highest BCUT2D eigenvalue weighted by atomic mass is 19.4. The van der Waals surface area contributed by atoms with Gasteiger partial charge in [0.15, 0.2) is 0 Å². The molecule has 1 fully saturated rings. The monoisotopic (exact) mass is 336 g/mol. The molecule has 7 heteroatoms. The Morgan fingerprint density at radius 2 is 1.79 bits per heavy atom. The van der Waals surface area contributed by atoms with Crippen molar-refractivity contribution >= 4 is 0 Å². The molecular formula is C17H19F3N4. The minimum Gasteiger partial charge on any atom is -0.314 e. The molecule has 0 aliphatic carbocycles. The summed E-state index contributed by atoms with van der Waals surface area (Å²) in [5.41, 5.74) is 0.334. The summed E-state index contributed by atoms with van der Waals surface area (Å²) < 4.78 is 40.3. The first-order valence-electron chi connectivity index (χ1n) is 8.22. The maximum Gasteiger partial charge on any atom is 0.416 e. The van der Waals surface area contributed by atoms with E-state index in [1.165, 1.54) is 12.1 Å². The molecule has 0 radical (unpaired) electrons. The lowest BCUT2D eigenvalue weighted by atomic mass is 10.1. The molecule has 3 heterocycles. The molecule has 128 valence electrons. The number of benzene rings is 1. The van der Waals surface area contributed by atoms with Crippen molar-refractivity contribution in [1.82, 2.24) is 19.7 Å². The topological polar surface area (TPSA) is 34.0 Å². The molecule has 1 aromatic carbocycles. The van der Waals surface area contributed by atoms with E-state index in [2.05, 4.69) is 19.7 Å². The predicted octanol–water partition coefficient (Wildman–Crippen LogP) is 3.19. The van der Waals surface area contributed by atoms with Gasteiger partial charge in [0, 0.05) is 31.6 Å². The van der Waals surface area contributed by atoms with E-state index in [4.69, 9.17) is 0 Å². The number of alkyl halides is 3. The molecule has 4 nitrogen and oxygen atoms in total. The predicted molar refractivity (Wildman–Crippen MR) is 82.3 cm³/mol. The van der Waals surface area contributed by atoms with Gasteiger partial charge < -0.3 is 4.57 Å². The number of aryl methyl sites for hydroxylation is 1. The van der Waals surface area contributed by atoms with Crippen LogP contribution in [-0.4, -0.2) is 31.7 Å². The number of hydrogen-bond acceptors (Lipinski definition) is 3. The Kier molecular flexibility index (Phi) is 3.63. The second-order valence-corrected chi connectivity index (χ2v) is 6.73. The summed E-state index contributed by atoms with van der Waals surface area (Å²) in [6.07, 6.45) is -1.20. The van der Waals surface area contributed by atoms with Gasteiger partial charge in [-0.2, -0.15) is 13.2 Å². The third-order valence-corrected chi connectivity index (χ3v) is 5.24. The van der Waals surface area contributed by atoms with Crippen molar-refractivity contribution in [2.24, 2.45) is 0 Å². The van der Waals surface area contributed by atoms with E-state index in [1.54, 1.807) is 12.1 Å². The van der Waals surface area contributed by atoms with Crippen molar-refractivity contribution in [2.75, 3.05) is 0 Å². The largest absolute Gasteiger partial charge is 0.416 e. The number of hydrogen-bond donors (Lipinski definition) is 0. The standard InChI is InChI=1S/C17H19F3N4/c1-11-21-22-16-8-14-6-7-15(10-23(11)16)24(14)9-12-2-4-13(5-3-12)17(18,19)20/h2-5,14-15H,6-10H2,1H3. The van der Waals surface area contributed by atoms with E-state index in [0.717, 1.165) is 43.0 Å². The summed E-state index contributed by atoms with van der Waals surface area (Å²) in [6, 6.07) is 6.33. The number of aromatic nitrogens is 3. The van der Waals surface area contributed by atoms with Crippen molar-refractivity contribution in [2.45, 2.75) is 57.5 Å².